The summed E-state index contributed by atoms with van der Waals surface area (Å²) >= 11 is 7.59. The fourth-order valence-corrected chi connectivity index (χ4v) is 3.18. The van der Waals surface area contributed by atoms with E-state index in [9.17, 15) is 4.79 Å². The maximum atomic E-state index is 11.1. The number of halogens is 1. The number of hydrogen-bond donors (Lipinski definition) is 2. The fraction of sp³-hybridized carbons (Fsp3) is 0.0625. The molecule has 1 aromatic carbocycles. The van der Waals surface area contributed by atoms with Crippen LogP contribution >= 0.6 is 22.9 Å². The number of amides is 1. The molecule has 116 valence electrons. The normalized spacial score (nSPS) is 10.5. The highest BCUT2D eigenvalue weighted by atomic mass is 35.5. The zero-order valence-electron chi connectivity index (χ0n) is 12.2. The van der Waals surface area contributed by atoms with Gasteiger partial charge in [0, 0.05) is 24.2 Å². The topological polar surface area (TPSA) is 80.9 Å². The first-order chi connectivity index (χ1) is 11.0. The molecule has 0 radical (unpaired) electrons. The third kappa shape index (κ3) is 3.33. The summed E-state index contributed by atoms with van der Waals surface area (Å²) in [5.74, 6) is 0.299. The van der Waals surface area contributed by atoms with E-state index in [-0.39, 0.29) is 5.91 Å². The van der Waals surface area contributed by atoms with Gasteiger partial charge in [0.2, 0.25) is 5.91 Å². The van der Waals surface area contributed by atoms with Gasteiger partial charge in [0.05, 0.1) is 5.02 Å². The molecule has 0 fully saturated rings. The van der Waals surface area contributed by atoms with E-state index in [1.54, 1.807) is 18.3 Å². The zero-order chi connectivity index (χ0) is 16.4. The summed E-state index contributed by atoms with van der Waals surface area (Å²) in [4.78, 5) is 19.8. The number of pyridine rings is 1. The number of nitrogen functional groups attached to an aromatic ring is 1. The van der Waals surface area contributed by atoms with E-state index >= 15 is 0 Å². The average molecular weight is 345 g/mol. The average Bonchev–Trinajstić information content (AvgIpc) is 2.89. The number of anilines is 2. The number of benzene rings is 1. The van der Waals surface area contributed by atoms with Crippen molar-refractivity contribution in [1.29, 1.82) is 0 Å². The minimum absolute atomic E-state index is 0.176. The molecule has 0 aliphatic carbocycles. The highest BCUT2D eigenvalue weighted by Crippen LogP contribution is 2.38. The molecule has 3 aromatic rings. The number of nitrogens with one attached hydrogen (secondary N) is 1. The smallest absolute Gasteiger partial charge is 0.222 e. The summed E-state index contributed by atoms with van der Waals surface area (Å²) in [6.45, 7) is 1.44. The molecule has 0 saturated heterocycles. The number of nitrogens with zero attached hydrogens (tertiary/aromatic N) is 2. The minimum Gasteiger partial charge on any atom is -0.389 e. The van der Waals surface area contributed by atoms with Gasteiger partial charge in [-0.3, -0.25) is 4.79 Å². The molecular formula is C16H13ClN4OS. The number of thiazole rings is 1. The first-order valence-electron chi connectivity index (χ1n) is 6.80. The lowest BCUT2D eigenvalue weighted by Gasteiger charge is -2.02. The van der Waals surface area contributed by atoms with Crippen LogP contribution < -0.4 is 11.1 Å². The lowest BCUT2D eigenvalue weighted by atomic mass is 10.1. The lowest BCUT2D eigenvalue weighted by Crippen LogP contribution is -2.07. The summed E-state index contributed by atoms with van der Waals surface area (Å²) in [6, 6.07) is 11.0. The van der Waals surface area contributed by atoms with Gasteiger partial charge in [0.25, 0.3) is 0 Å². The number of hydrogen-bond acceptors (Lipinski definition) is 5. The second-order valence-corrected chi connectivity index (χ2v) is 6.26. The van der Waals surface area contributed by atoms with Crippen LogP contribution in [0.15, 0.2) is 42.6 Å². The van der Waals surface area contributed by atoms with Gasteiger partial charge < -0.3 is 11.1 Å². The SMILES string of the molecule is CC(=O)Nc1cc(-c2nc(-c3ccccc3Cl)c(N)s2)ccn1. The summed E-state index contributed by atoms with van der Waals surface area (Å²) in [7, 11) is 0. The van der Waals surface area contributed by atoms with Gasteiger partial charge in [-0.1, -0.05) is 41.1 Å². The third-order valence-corrected chi connectivity index (χ3v) is 4.36. The minimum atomic E-state index is -0.176. The van der Waals surface area contributed by atoms with Gasteiger partial charge in [-0.15, -0.1) is 0 Å². The number of carbonyl (C=O) groups is 1. The van der Waals surface area contributed by atoms with Gasteiger partial charge >= 0.3 is 0 Å². The molecule has 0 spiro atoms. The van der Waals surface area contributed by atoms with Crippen molar-refractivity contribution in [2.45, 2.75) is 6.92 Å². The standard InChI is InChI=1S/C16H13ClN4OS/c1-9(22)20-13-8-10(6-7-19-13)16-21-14(15(18)23-16)11-4-2-3-5-12(11)17/h2-8H,18H2,1H3,(H,19,20,22). The molecule has 3 rings (SSSR count). The van der Waals surface area contributed by atoms with Crippen molar-refractivity contribution in [2.24, 2.45) is 0 Å². The molecule has 2 heterocycles. The highest BCUT2D eigenvalue weighted by molar-refractivity contribution is 7.19. The van der Waals surface area contributed by atoms with Crippen molar-refractivity contribution in [1.82, 2.24) is 9.97 Å². The van der Waals surface area contributed by atoms with Crippen LogP contribution in [-0.2, 0) is 4.79 Å². The second kappa shape index (κ2) is 6.36. The monoisotopic (exact) mass is 344 g/mol. The van der Waals surface area contributed by atoms with Gasteiger partial charge in [-0.25, -0.2) is 9.97 Å². The molecule has 0 saturated carbocycles. The molecule has 0 bridgehead atoms. The maximum Gasteiger partial charge on any atom is 0.222 e. The Kier molecular flexibility index (Phi) is 4.27. The summed E-state index contributed by atoms with van der Waals surface area (Å²) < 4.78 is 0. The molecule has 23 heavy (non-hydrogen) atoms. The summed E-state index contributed by atoms with van der Waals surface area (Å²) in [5, 5.41) is 4.58. The Morgan fingerprint density at radius 3 is 2.83 bits per heavy atom. The fourth-order valence-electron chi connectivity index (χ4n) is 2.11. The largest absolute Gasteiger partial charge is 0.389 e. The van der Waals surface area contributed by atoms with Gasteiger partial charge in [0.1, 0.15) is 21.5 Å². The quantitative estimate of drug-likeness (QED) is 0.750. The van der Waals surface area contributed by atoms with E-state index in [0.717, 1.165) is 16.1 Å². The molecule has 0 aliphatic rings. The van der Waals surface area contributed by atoms with Crippen LogP contribution in [0.1, 0.15) is 6.92 Å². The van der Waals surface area contributed by atoms with Crippen LogP contribution in [0.25, 0.3) is 21.8 Å². The summed E-state index contributed by atoms with van der Waals surface area (Å²) in [5.41, 5.74) is 8.40. The van der Waals surface area contributed by atoms with Gasteiger partial charge in [-0.2, -0.15) is 0 Å². The van der Waals surface area contributed by atoms with Crippen LogP contribution in [0.3, 0.4) is 0 Å². The Bertz CT molecular complexity index is 878. The van der Waals surface area contributed by atoms with Crippen LogP contribution in [0.4, 0.5) is 10.8 Å². The third-order valence-electron chi connectivity index (χ3n) is 3.09. The number of nitrogens with two attached hydrogens (primary N) is 1. The molecule has 0 atom stereocenters. The number of carbonyl (C=O) groups excluding carboxylic acids is 1. The van der Waals surface area contributed by atoms with Crippen LogP contribution in [0.2, 0.25) is 5.02 Å². The van der Waals surface area contributed by atoms with E-state index < -0.39 is 0 Å². The predicted octanol–water partition coefficient (Wildman–Crippen LogP) is 4.07. The van der Waals surface area contributed by atoms with E-state index in [0.29, 0.717) is 21.5 Å². The predicted molar refractivity (Wildman–Crippen MR) is 94.5 cm³/mol. The zero-order valence-corrected chi connectivity index (χ0v) is 13.8. The van der Waals surface area contributed by atoms with Crippen molar-refractivity contribution in [3.8, 4) is 21.8 Å². The molecule has 1 amide bonds. The first kappa shape index (κ1) is 15.5. The Morgan fingerprint density at radius 2 is 2.09 bits per heavy atom. The Balaban J connectivity index is 2.01. The Hall–Kier alpha value is -2.44. The van der Waals surface area contributed by atoms with Crippen molar-refractivity contribution in [2.75, 3.05) is 11.1 Å². The molecule has 0 aliphatic heterocycles. The molecule has 0 unspecified atom stereocenters. The molecule has 7 heteroatoms. The first-order valence-corrected chi connectivity index (χ1v) is 7.99. The molecule has 2 aromatic heterocycles. The van der Waals surface area contributed by atoms with Crippen molar-refractivity contribution in [3.63, 3.8) is 0 Å². The van der Waals surface area contributed by atoms with Crippen molar-refractivity contribution < 1.29 is 4.79 Å². The van der Waals surface area contributed by atoms with E-state index in [1.807, 2.05) is 24.3 Å². The van der Waals surface area contributed by atoms with E-state index in [2.05, 4.69) is 15.3 Å². The second-order valence-electron chi connectivity index (χ2n) is 4.82. The van der Waals surface area contributed by atoms with Gasteiger partial charge in [-0.05, 0) is 18.2 Å². The maximum absolute atomic E-state index is 11.1. The molecular weight excluding hydrogens is 332 g/mol. The lowest BCUT2D eigenvalue weighted by molar-refractivity contribution is -0.114. The summed E-state index contributed by atoms with van der Waals surface area (Å²) in [6.07, 6.45) is 1.62. The van der Waals surface area contributed by atoms with Crippen molar-refractivity contribution in [3.05, 3.63) is 47.6 Å². The van der Waals surface area contributed by atoms with Crippen molar-refractivity contribution >= 4 is 39.7 Å². The molecule has 3 N–H and O–H groups in total. The number of aromatic nitrogens is 2. The van der Waals surface area contributed by atoms with E-state index in [4.69, 9.17) is 17.3 Å². The Morgan fingerprint density at radius 1 is 1.30 bits per heavy atom. The van der Waals surface area contributed by atoms with Crippen LogP contribution in [0.5, 0.6) is 0 Å². The highest BCUT2D eigenvalue weighted by Gasteiger charge is 2.14. The van der Waals surface area contributed by atoms with Crippen LogP contribution in [0, 0.1) is 0 Å². The molecule has 5 nitrogen and oxygen atoms in total. The Labute approximate surface area is 142 Å². The van der Waals surface area contributed by atoms with E-state index in [1.165, 1.54) is 18.3 Å². The van der Waals surface area contributed by atoms with Gasteiger partial charge in [0.15, 0.2) is 0 Å². The number of rotatable bonds is 3. The van der Waals surface area contributed by atoms with Crippen LogP contribution in [-0.4, -0.2) is 15.9 Å².